The lowest BCUT2D eigenvalue weighted by atomic mass is 9.84. The highest BCUT2D eigenvalue weighted by Crippen LogP contribution is 2.28. The lowest BCUT2D eigenvalue weighted by molar-refractivity contribution is -0.139. The van der Waals surface area contributed by atoms with Crippen molar-refractivity contribution in [2.75, 3.05) is 13.1 Å². The summed E-state index contributed by atoms with van der Waals surface area (Å²) in [5.74, 6) is -0.723. The van der Waals surface area contributed by atoms with E-state index < -0.39 is 5.97 Å². The maximum absolute atomic E-state index is 10.8. The van der Waals surface area contributed by atoms with E-state index in [0.29, 0.717) is 18.1 Å². The molecule has 1 fully saturated rings. The second-order valence-corrected chi connectivity index (χ2v) is 6.32. The molecule has 1 saturated carbocycles. The standard InChI is InChI=1S/C17H24N2O2/c1-2-19(11-17(20)21)16-9-15(10-16)18-14-7-12-5-3-4-6-13(12)8-14/h3-6,14-16,18H,2,7-11H2,1H3,(H,20,21). The van der Waals surface area contributed by atoms with Gasteiger partial charge in [-0.3, -0.25) is 9.69 Å². The van der Waals surface area contributed by atoms with Gasteiger partial charge in [0.15, 0.2) is 0 Å². The Morgan fingerprint density at radius 2 is 1.86 bits per heavy atom. The highest BCUT2D eigenvalue weighted by molar-refractivity contribution is 5.69. The van der Waals surface area contributed by atoms with Gasteiger partial charge < -0.3 is 10.4 Å². The third-order valence-corrected chi connectivity index (χ3v) is 4.90. The van der Waals surface area contributed by atoms with Gasteiger partial charge in [0.25, 0.3) is 0 Å². The minimum absolute atomic E-state index is 0.169. The van der Waals surface area contributed by atoms with Crippen LogP contribution in [0.3, 0.4) is 0 Å². The smallest absolute Gasteiger partial charge is 0.317 e. The predicted molar refractivity (Wildman–Crippen MR) is 82.5 cm³/mol. The van der Waals surface area contributed by atoms with Gasteiger partial charge in [-0.25, -0.2) is 0 Å². The van der Waals surface area contributed by atoms with Crippen LogP contribution >= 0.6 is 0 Å². The number of rotatable bonds is 6. The quantitative estimate of drug-likeness (QED) is 0.836. The maximum atomic E-state index is 10.8. The van der Waals surface area contributed by atoms with Crippen molar-refractivity contribution >= 4 is 5.97 Å². The number of nitrogens with zero attached hydrogens (tertiary/aromatic N) is 1. The molecule has 21 heavy (non-hydrogen) atoms. The van der Waals surface area contributed by atoms with Crippen molar-refractivity contribution in [3.05, 3.63) is 35.4 Å². The normalized spacial score (nSPS) is 24.9. The molecule has 0 bridgehead atoms. The van der Waals surface area contributed by atoms with Crippen LogP contribution in [-0.4, -0.2) is 47.2 Å². The Morgan fingerprint density at radius 3 is 2.38 bits per heavy atom. The number of hydrogen-bond donors (Lipinski definition) is 2. The zero-order chi connectivity index (χ0) is 14.8. The molecular formula is C17H24N2O2. The number of carbonyl (C=O) groups is 1. The number of carboxylic acid groups (broad SMARTS) is 1. The molecule has 1 aromatic rings. The third-order valence-electron chi connectivity index (χ3n) is 4.90. The predicted octanol–water partition coefficient (Wildman–Crippen LogP) is 1.68. The first-order valence-electron chi connectivity index (χ1n) is 7.94. The second-order valence-electron chi connectivity index (χ2n) is 6.32. The maximum Gasteiger partial charge on any atom is 0.317 e. The van der Waals surface area contributed by atoms with E-state index in [1.807, 2.05) is 6.92 Å². The van der Waals surface area contributed by atoms with E-state index in [4.69, 9.17) is 5.11 Å². The van der Waals surface area contributed by atoms with Gasteiger partial charge in [0.05, 0.1) is 6.54 Å². The molecule has 3 rings (SSSR count). The fourth-order valence-electron chi connectivity index (χ4n) is 3.70. The van der Waals surface area contributed by atoms with Gasteiger partial charge in [-0.15, -0.1) is 0 Å². The van der Waals surface area contributed by atoms with Gasteiger partial charge in [0.1, 0.15) is 0 Å². The molecule has 0 saturated heterocycles. The van der Waals surface area contributed by atoms with E-state index in [2.05, 4.69) is 34.5 Å². The molecule has 4 nitrogen and oxygen atoms in total. The van der Waals surface area contributed by atoms with Crippen molar-refractivity contribution in [3.8, 4) is 0 Å². The summed E-state index contributed by atoms with van der Waals surface area (Å²) >= 11 is 0. The zero-order valence-corrected chi connectivity index (χ0v) is 12.6. The minimum Gasteiger partial charge on any atom is -0.480 e. The Labute approximate surface area is 126 Å². The molecular weight excluding hydrogens is 264 g/mol. The van der Waals surface area contributed by atoms with Crippen LogP contribution in [0.2, 0.25) is 0 Å². The second kappa shape index (κ2) is 6.16. The lowest BCUT2D eigenvalue weighted by Gasteiger charge is -2.43. The van der Waals surface area contributed by atoms with Crippen LogP contribution in [0.25, 0.3) is 0 Å². The zero-order valence-electron chi connectivity index (χ0n) is 12.6. The topological polar surface area (TPSA) is 52.6 Å². The van der Waals surface area contributed by atoms with Crippen LogP contribution in [0.15, 0.2) is 24.3 Å². The molecule has 0 amide bonds. The van der Waals surface area contributed by atoms with Crippen molar-refractivity contribution in [1.29, 1.82) is 0 Å². The highest BCUT2D eigenvalue weighted by atomic mass is 16.4. The van der Waals surface area contributed by atoms with Gasteiger partial charge >= 0.3 is 5.97 Å². The largest absolute Gasteiger partial charge is 0.480 e. The molecule has 0 heterocycles. The van der Waals surface area contributed by atoms with Crippen LogP contribution in [-0.2, 0) is 17.6 Å². The lowest BCUT2D eigenvalue weighted by Crippen LogP contribution is -2.55. The summed E-state index contributed by atoms with van der Waals surface area (Å²) in [7, 11) is 0. The van der Waals surface area contributed by atoms with Gasteiger partial charge in [-0.05, 0) is 43.4 Å². The van der Waals surface area contributed by atoms with Crippen LogP contribution < -0.4 is 5.32 Å². The Balaban J connectivity index is 1.45. The number of likely N-dealkylation sites (N-methyl/N-ethyl adjacent to an activating group) is 1. The SMILES string of the molecule is CCN(CC(=O)O)C1CC(NC2Cc3ccccc3C2)C1. The first kappa shape index (κ1) is 14.5. The third kappa shape index (κ3) is 3.27. The van der Waals surface area contributed by atoms with Crippen molar-refractivity contribution in [2.45, 2.75) is 50.7 Å². The Kier molecular flexibility index (Phi) is 4.27. The Morgan fingerprint density at radius 1 is 1.24 bits per heavy atom. The molecule has 0 spiro atoms. The van der Waals surface area contributed by atoms with Gasteiger partial charge in [-0.1, -0.05) is 31.2 Å². The number of benzene rings is 1. The summed E-state index contributed by atoms with van der Waals surface area (Å²) in [5.41, 5.74) is 2.96. The number of carboxylic acids is 1. The number of aliphatic carboxylic acids is 1. The van der Waals surface area contributed by atoms with Crippen molar-refractivity contribution in [1.82, 2.24) is 10.2 Å². The van der Waals surface area contributed by atoms with E-state index in [1.54, 1.807) is 0 Å². The van der Waals surface area contributed by atoms with E-state index >= 15 is 0 Å². The summed E-state index contributed by atoms with van der Waals surface area (Å²) in [6, 6.07) is 10.2. The molecule has 0 unspecified atom stereocenters. The molecule has 2 aliphatic carbocycles. The summed E-state index contributed by atoms with van der Waals surface area (Å²) in [5, 5.41) is 12.7. The van der Waals surface area contributed by atoms with Crippen LogP contribution in [0.4, 0.5) is 0 Å². The highest BCUT2D eigenvalue weighted by Gasteiger charge is 2.35. The molecule has 4 heteroatoms. The number of hydrogen-bond acceptors (Lipinski definition) is 3. The van der Waals surface area contributed by atoms with Crippen molar-refractivity contribution < 1.29 is 9.90 Å². The molecule has 1 aromatic carbocycles. The summed E-state index contributed by atoms with van der Waals surface area (Å²) in [6.07, 6.45) is 4.41. The average Bonchev–Trinajstić information content (AvgIpc) is 2.82. The van der Waals surface area contributed by atoms with Gasteiger partial charge in [0, 0.05) is 18.1 Å². The molecule has 0 radical (unpaired) electrons. The van der Waals surface area contributed by atoms with Crippen molar-refractivity contribution in [3.63, 3.8) is 0 Å². The average molecular weight is 288 g/mol. The van der Waals surface area contributed by atoms with E-state index in [0.717, 1.165) is 32.2 Å². The molecule has 0 aliphatic heterocycles. The summed E-state index contributed by atoms with van der Waals surface area (Å²) in [4.78, 5) is 12.9. The van der Waals surface area contributed by atoms with Crippen LogP contribution in [0.1, 0.15) is 30.9 Å². The summed E-state index contributed by atoms with van der Waals surface area (Å²) < 4.78 is 0. The van der Waals surface area contributed by atoms with Gasteiger partial charge in [0.2, 0.25) is 0 Å². The molecule has 0 atom stereocenters. The Bertz CT molecular complexity index is 486. The van der Waals surface area contributed by atoms with Crippen molar-refractivity contribution in [2.24, 2.45) is 0 Å². The first-order valence-corrected chi connectivity index (χ1v) is 7.94. The first-order chi connectivity index (χ1) is 10.2. The fraction of sp³-hybridized carbons (Fsp3) is 0.588. The molecule has 2 N–H and O–H groups in total. The van der Waals surface area contributed by atoms with E-state index in [-0.39, 0.29) is 6.54 Å². The van der Waals surface area contributed by atoms with Crippen LogP contribution in [0.5, 0.6) is 0 Å². The molecule has 2 aliphatic rings. The number of fused-ring (bicyclic) bond motifs is 1. The van der Waals surface area contributed by atoms with E-state index in [1.165, 1.54) is 11.1 Å². The van der Waals surface area contributed by atoms with Crippen LogP contribution in [0, 0.1) is 0 Å². The Hall–Kier alpha value is -1.39. The monoisotopic (exact) mass is 288 g/mol. The molecule has 0 aromatic heterocycles. The van der Waals surface area contributed by atoms with Gasteiger partial charge in [-0.2, -0.15) is 0 Å². The minimum atomic E-state index is -0.723. The van der Waals surface area contributed by atoms with E-state index in [9.17, 15) is 4.79 Å². The molecule has 114 valence electrons. The number of nitrogens with one attached hydrogen (secondary N) is 1. The summed E-state index contributed by atoms with van der Waals surface area (Å²) in [6.45, 7) is 3.03. The fourth-order valence-corrected chi connectivity index (χ4v) is 3.70.